The van der Waals surface area contributed by atoms with Gasteiger partial charge in [0.15, 0.2) is 0 Å². The number of aromatic nitrogens is 3. The first-order valence-electron chi connectivity index (χ1n) is 10.9. The molecular formula is C23H25N5O2. The van der Waals surface area contributed by atoms with Gasteiger partial charge in [-0.1, -0.05) is 6.07 Å². The number of carboxylic acid groups (broad SMARTS) is 1. The van der Waals surface area contributed by atoms with Crippen LogP contribution in [0.5, 0.6) is 0 Å². The number of carbonyl (C=O) groups is 1. The predicted octanol–water partition coefficient (Wildman–Crippen LogP) is 3.39. The van der Waals surface area contributed by atoms with Gasteiger partial charge in [0.1, 0.15) is 11.4 Å². The van der Waals surface area contributed by atoms with Gasteiger partial charge in [-0.25, -0.2) is 9.78 Å². The second-order valence-electron chi connectivity index (χ2n) is 8.89. The third-order valence-corrected chi connectivity index (χ3v) is 6.67. The van der Waals surface area contributed by atoms with Crippen LogP contribution in [-0.4, -0.2) is 51.9 Å². The minimum absolute atomic E-state index is 0.304. The van der Waals surface area contributed by atoms with E-state index >= 15 is 0 Å². The van der Waals surface area contributed by atoms with Gasteiger partial charge >= 0.3 is 5.97 Å². The molecule has 7 heteroatoms. The van der Waals surface area contributed by atoms with Crippen molar-refractivity contribution in [2.75, 3.05) is 24.5 Å². The molecule has 0 spiro atoms. The fraction of sp³-hybridized carbons (Fsp3) is 0.435. The Bertz CT molecular complexity index is 1130. The smallest absolute Gasteiger partial charge is 0.339 e. The van der Waals surface area contributed by atoms with Crippen molar-refractivity contribution < 1.29 is 9.90 Å². The lowest BCUT2D eigenvalue weighted by Gasteiger charge is -2.35. The van der Waals surface area contributed by atoms with Crippen molar-refractivity contribution in [2.45, 2.75) is 37.6 Å². The Morgan fingerprint density at radius 1 is 1.17 bits per heavy atom. The number of carboxylic acids is 1. The lowest BCUT2D eigenvalue weighted by Crippen LogP contribution is -2.52. The number of H-pyrrole nitrogens is 1. The number of aromatic carboxylic acids is 1. The topological polar surface area (TPSA) is 94.1 Å². The maximum atomic E-state index is 12.2. The molecule has 6 rings (SSSR count). The molecule has 154 valence electrons. The predicted molar refractivity (Wildman–Crippen MR) is 115 cm³/mol. The van der Waals surface area contributed by atoms with Crippen LogP contribution in [0.25, 0.3) is 22.0 Å². The molecule has 1 aliphatic heterocycles. The first-order chi connectivity index (χ1) is 14.7. The van der Waals surface area contributed by atoms with Crippen LogP contribution >= 0.6 is 0 Å². The normalized spacial score (nSPS) is 21.9. The number of rotatable bonds is 5. The lowest BCUT2D eigenvalue weighted by molar-refractivity contribution is 0.0697. The molecule has 0 bridgehead atoms. The first kappa shape index (κ1) is 17.9. The van der Waals surface area contributed by atoms with Gasteiger partial charge in [-0.05, 0) is 55.4 Å². The number of hydrogen-bond acceptors (Lipinski definition) is 5. The summed E-state index contributed by atoms with van der Waals surface area (Å²) in [6, 6.07) is 8.39. The number of pyridine rings is 1. The highest BCUT2D eigenvalue weighted by molar-refractivity contribution is 5.96. The maximum Gasteiger partial charge on any atom is 0.339 e. The van der Waals surface area contributed by atoms with Crippen molar-refractivity contribution in [3.8, 4) is 11.1 Å². The van der Waals surface area contributed by atoms with E-state index in [0.717, 1.165) is 66.1 Å². The van der Waals surface area contributed by atoms with E-state index in [0.29, 0.717) is 23.3 Å². The van der Waals surface area contributed by atoms with Crippen LogP contribution in [0.3, 0.4) is 0 Å². The van der Waals surface area contributed by atoms with E-state index in [1.54, 1.807) is 6.20 Å². The molecule has 0 unspecified atom stereocenters. The number of hydrogen-bond donors (Lipinski definition) is 3. The number of nitrogens with one attached hydrogen (secondary N) is 2. The van der Waals surface area contributed by atoms with Crippen molar-refractivity contribution in [2.24, 2.45) is 5.92 Å². The number of anilines is 1. The van der Waals surface area contributed by atoms with Crippen LogP contribution in [0, 0.1) is 5.92 Å². The van der Waals surface area contributed by atoms with Crippen LogP contribution < -0.4 is 10.2 Å². The monoisotopic (exact) mass is 403 g/mol. The van der Waals surface area contributed by atoms with E-state index in [1.807, 2.05) is 18.2 Å². The largest absolute Gasteiger partial charge is 0.478 e. The van der Waals surface area contributed by atoms with Crippen LogP contribution in [0.1, 0.15) is 47.7 Å². The molecule has 2 aromatic heterocycles. The molecular weight excluding hydrogens is 378 g/mol. The molecule has 3 fully saturated rings. The zero-order valence-corrected chi connectivity index (χ0v) is 16.8. The highest BCUT2D eigenvalue weighted by atomic mass is 16.4. The van der Waals surface area contributed by atoms with Gasteiger partial charge in [-0.3, -0.25) is 5.10 Å². The summed E-state index contributed by atoms with van der Waals surface area (Å²) in [5.41, 5.74) is 4.26. The van der Waals surface area contributed by atoms with Gasteiger partial charge in [0.25, 0.3) is 0 Å². The van der Waals surface area contributed by atoms with Gasteiger partial charge in [-0.15, -0.1) is 0 Å². The molecule has 1 saturated heterocycles. The molecule has 7 nitrogen and oxygen atoms in total. The summed E-state index contributed by atoms with van der Waals surface area (Å²) in [7, 11) is 0. The number of aromatic amines is 1. The summed E-state index contributed by atoms with van der Waals surface area (Å²) in [4.78, 5) is 19.5. The quantitative estimate of drug-likeness (QED) is 0.605. The second-order valence-corrected chi connectivity index (χ2v) is 8.89. The number of benzene rings is 1. The maximum absolute atomic E-state index is 12.2. The van der Waals surface area contributed by atoms with Crippen molar-refractivity contribution in [1.82, 2.24) is 20.5 Å². The minimum Gasteiger partial charge on any atom is -0.478 e. The van der Waals surface area contributed by atoms with Crippen LogP contribution in [0.15, 0.2) is 30.5 Å². The van der Waals surface area contributed by atoms with Crippen LogP contribution in [0.2, 0.25) is 0 Å². The number of fused-ring (bicyclic) bond motifs is 1. The summed E-state index contributed by atoms with van der Waals surface area (Å²) in [5, 5.41) is 21.7. The molecule has 3 aromatic rings. The number of nitrogens with zero attached hydrogens (tertiary/aromatic N) is 3. The van der Waals surface area contributed by atoms with Gasteiger partial charge < -0.3 is 15.3 Å². The molecule has 3 heterocycles. The third-order valence-electron chi connectivity index (χ3n) is 6.67. The van der Waals surface area contributed by atoms with Crippen molar-refractivity contribution in [3.63, 3.8) is 0 Å². The SMILES string of the molecule is O=C(O)c1cc(-c2ccc3[nH]ncc3c2)c(C2CC2)nc1N1CCN[C@H](C2CC2)C1. The van der Waals surface area contributed by atoms with Gasteiger partial charge in [-0.2, -0.15) is 5.10 Å². The molecule has 30 heavy (non-hydrogen) atoms. The molecule has 2 aliphatic carbocycles. The van der Waals surface area contributed by atoms with Crippen molar-refractivity contribution >= 4 is 22.7 Å². The standard InChI is InChI=1S/C23H25N5O2/c29-23(30)18-10-17(15-5-6-19-16(9-15)11-25-27-19)21(14-3-4-14)26-22(18)28-8-7-24-20(12-28)13-1-2-13/h5-6,9-11,13-14,20,24H,1-4,7-8,12H2,(H,25,27)(H,29,30)/t20-/m0/s1. The first-order valence-corrected chi connectivity index (χ1v) is 10.9. The summed E-state index contributed by atoms with van der Waals surface area (Å²) in [6.45, 7) is 2.50. The van der Waals surface area contributed by atoms with Crippen molar-refractivity contribution in [3.05, 3.63) is 41.7 Å². The van der Waals surface area contributed by atoms with E-state index in [2.05, 4.69) is 26.5 Å². The highest BCUT2D eigenvalue weighted by Gasteiger charge is 2.36. The van der Waals surface area contributed by atoms with Crippen LogP contribution in [0.4, 0.5) is 5.82 Å². The second kappa shape index (κ2) is 6.80. The Morgan fingerprint density at radius 2 is 2.03 bits per heavy atom. The summed E-state index contributed by atoms with van der Waals surface area (Å²) in [5.74, 6) is 0.880. The van der Waals surface area contributed by atoms with Gasteiger partial charge in [0.2, 0.25) is 0 Å². The van der Waals surface area contributed by atoms with Gasteiger partial charge in [0.05, 0.1) is 17.4 Å². The fourth-order valence-corrected chi connectivity index (χ4v) is 4.71. The summed E-state index contributed by atoms with van der Waals surface area (Å²) >= 11 is 0. The molecule has 1 aromatic carbocycles. The Morgan fingerprint density at radius 3 is 2.80 bits per heavy atom. The average Bonchev–Trinajstić information content (AvgIpc) is 3.69. The van der Waals surface area contributed by atoms with E-state index in [4.69, 9.17) is 4.98 Å². The van der Waals surface area contributed by atoms with E-state index in [9.17, 15) is 9.90 Å². The Hall–Kier alpha value is -2.93. The summed E-state index contributed by atoms with van der Waals surface area (Å²) in [6.07, 6.45) is 6.58. The third kappa shape index (κ3) is 3.13. The van der Waals surface area contributed by atoms with Crippen LogP contribution in [-0.2, 0) is 0 Å². The minimum atomic E-state index is -0.910. The highest BCUT2D eigenvalue weighted by Crippen LogP contribution is 2.45. The summed E-state index contributed by atoms with van der Waals surface area (Å²) < 4.78 is 0. The Kier molecular flexibility index (Phi) is 4.06. The molecule has 0 amide bonds. The molecule has 3 N–H and O–H groups in total. The molecule has 2 saturated carbocycles. The average molecular weight is 403 g/mol. The Labute approximate surface area is 174 Å². The van der Waals surface area contributed by atoms with E-state index in [-0.39, 0.29) is 0 Å². The van der Waals surface area contributed by atoms with Crippen molar-refractivity contribution in [1.29, 1.82) is 0 Å². The van der Waals surface area contributed by atoms with Gasteiger partial charge in [0, 0.05) is 42.5 Å². The number of piperazine rings is 1. The molecule has 3 aliphatic rings. The Balaban J connectivity index is 1.46. The molecule has 0 radical (unpaired) electrons. The molecule has 1 atom stereocenters. The zero-order chi connectivity index (χ0) is 20.2. The fourth-order valence-electron chi connectivity index (χ4n) is 4.71. The van der Waals surface area contributed by atoms with E-state index in [1.165, 1.54) is 12.8 Å². The van der Waals surface area contributed by atoms with E-state index < -0.39 is 5.97 Å². The zero-order valence-electron chi connectivity index (χ0n) is 16.8. The lowest BCUT2D eigenvalue weighted by atomic mass is 9.97.